The van der Waals surface area contributed by atoms with Gasteiger partial charge in [0, 0.05) is 18.6 Å². The first kappa shape index (κ1) is 18.8. The highest BCUT2D eigenvalue weighted by atomic mass is 16.6. The number of aryl methyl sites for hydroxylation is 2. The Morgan fingerprint density at radius 3 is 2.46 bits per heavy atom. The summed E-state index contributed by atoms with van der Waals surface area (Å²) in [5.74, 6) is -0.175. The number of nitrogens with zero attached hydrogens (tertiary/aromatic N) is 4. The number of nitro groups is 2. The molecule has 0 saturated heterocycles. The van der Waals surface area contributed by atoms with Gasteiger partial charge in [-0.1, -0.05) is 0 Å². The molecule has 1 aromatic carbocycles. The molecule has 1 heterocycles. The highest BCUT2D eigenvalue weighted by molar-refractivity contribution is 5.91. The van der Waals surface area contributed by atoms with Crippen molar-refractivity contribution in [2.45, 2.75) is 26.8 Å². The van der Waals surface area contributed by atoms with E-state index < -0.39 is 15.8 Å². The van der Waals surface area contributed by atoms with Crippen molar-refractivity contribution < 1.29 is 19.4 Å². The molecule has 11 heteroatoms. The summed E-state index contributed by atoms with van der Waals surface area (Å²) < 4.78 is 6.37. The normalized spacial score (nSPS) is 10.4. The van der Waals surface area contributed by atoms with Crippen LogP contribution in [0.25, 0.3) is 0 Å². The third kappa shape index (κ3) is 4.12. The zero-order valence-electron chi connectivity index (χ0n) is 14.4. The van der Waals surface area contributed by atoms with E-state index in [2.05, 4.69) is 10.4 Å². The number of anilines is 1. The van der Waals surface area contributed by atoms with E-state index in [4.69, 9.17) is 4.74 Å². The predicted molar refractivity (Wildman–Crippen MR) is 91.3 cm³/mol. The van der Waals surface area contributed by atoms with Crippen molar-refractivity contribution in [2.75, 3.05) is 12.4 Å². The number of carbonyl (C=O) groups excluding carboxylic acids is 1. The van der Waals surface area contributed by atoms with Crippen LogP contribution in [0.15, 0.2) is 18.2 Å². The lowest BCUT2D eigenvalue weighted by molar-refractivity contribution is -0.386. The van der Waals surface area contributed by atoms with E-state index in [0.717, 1.165) is 0 Å². The number of methoxy groups -OCH3 is 1. The van der Waals surface area contributed by atoms with Crippen LogP contribution in [0.4, 0.5) is 17.1 Å². The Balaban J connectivity index is 2.08. The third-order valence-electron chi connectivity index (χ3n) is 3.70. The largest absolute Gasteiger partial charge is 0.496 e. The first-order valence-electron chi connectivity index (χ1n) is 7.54. The average molecular weight is 363 g/mol. The zero-order chi connectivity index (χ0) is 19.4. The van der Waals surface area contributed by atoms with Gasteiger partial charge in [0.1, 0.15) is 17.1 Å². The van der Waals surface area contributed by atoms with Gasteiger partial charge in [-0.05, 0) is 13.8 Å². The fourth-order valence-corrected chi connectivity index (χ4v) is 2.48. The number of rotatable bonds is 7. The molecule has 0 spiro atoms. The summed E-state index contributed by atoms with van der Waals surface area (Å²) >= 11 is 0. The Hall–Kier alpha value is -3.50. The monoisotopic (exact) mass is 363 g/mol. The number of amides is 1. The molecule has 11 nitrogen and oxygen atoms in total. The summed E-state index contributed by atoms with van der Waals surface area (Å²) in [6, 6.07) is 3.91. The van der Waals surface area contributed by atoms with Gasteiger partial charge in [-0.2, -0.15) is 5.10 Å². The Morgan fingerprint density at radius 1 is 1.23 bits per heavy atom. The Morgan fingerprint density at radius 2 is 1.92 bits per heavy atom. The minimum atomic E-state index is -0.590. The molecule has 0 unspecified atom stereocenters. The summed E-state index contributed by atoms with van der Waals surface area (Å²) in [6.07, 6.45) is -0.00980. The van der Waals surface area contributed by atoms with Gasteiger partial charge < -0.3 is 10.1 Å². The molecule has 0 bridgehead atoms. The van der Waals surface area contributed by atoms with Crippen molar-refractivity contribution >= 4 is 23.0 Å². The van der Waals surface area contributed by atoms with E-state index in [-0.39, 0.29) is 41.5 Å². The number of hydrogen-bond acceptors (Lipinski definition) is 7. The molecule has 2 rings (SSSR count). The lowest BCUT2D eigenvalue weighted by Crippen LogP contribution is -2.16. The molecular weight excluding hydrogens is 346 g/mol. The molecule has 0 fully saturated rings. The first-order valence-corrected chi connectivity index (χ1v) is 7.54. The van der Waals surface area contributed by atoms with Gasteiger partial charge in [-0.25, -0.2) is 0 Å². The van der Waals surface area contributed by atoms with Gasteiger partial charge >= 0.3 is 5.69 Å². The second-order valence-electron chi connectivity index (χ2n) is 5.47. The molecule has 0 radical (unpaired) electrons. The maximum Gasteiger partial charge on any atom is 0.312 e. The maximum atomic E-state index is 12.1. The standard InChI is InChI=1S/C15H17N5O6/c1-9-15(20(24)25)10(2)18(17-9)5-4-14(21)16-11-6-12(19(22)23)8-13(7-11)26-3/h6-8H,4-5H2,1-3H3,(H,16,21). The van der Waals surface area contributed by atoms with Crippen molar-refractivity contribution in [3.8, 4) is 5.75 Å². The molecule has 26 heavy (non-hydrogen) atoms. The fraction of sp³-hybridized carbons (Fsp3) is 0.333. The van der Waals surface area contributed by atoms with Gasteiger partial charge in [-0.15, -0.1) is 0 Å². The molecular formula is C15H17N5O6. The number of benzene rings is 1. The molecule has 0 atom stereocenters. The Labute approximate surface area is 147 Å². The summed E-state index contributed by atoms with van der Waals surface area (Å²) in [4.78, 5) is 32.9. The number of hydrogen-bond donors (Lipinski definition) is 1. The maximum absolute atomic E-state index is 12.1. The molecule has 0 saturated carbocycles. The van der Waals surface area contributed by atoms with Gasteiger partial charge in [0.25, 0.3) is 5.69 Å². The van der Waals surface area contributed by atoms with E-state index in [1.807, 2.05) is 0 Å². The van der Waals surface area contributed by atoms with E-state index in [9.17, 15) is 25.0 Å². The zero-order valence-corrected chi connectivity index (χ0v) is 14.4. The number of ether oxygens (including phenoxy) is 1. The van der Waals surface area contributed by atoms with Gasteiger partial charge in [0.2, 0.25) is 5.91 Å². The van der Waals surface area contributed by atoms with Crippen LogP contribution in [0.1, 0.15) is 17.8 Å². The van der Waals surface area contributed by atoms with E-state index in [0.29, 0.717) is 5.69 Å². The van der Waals surface area contributed by atoms with Gasteiger partial charge in [0.15, 0.2) is 0 Å². The molecule has 138 valence electrons. The molecule has 1 aromatic heterocycles. The highest BCUT2D eigenvalue weighted by Crippen LogP contribution is 2.26. The van der Waals surface area contributed by atoms with Crippen molar-refractivity contribution in [1.82, 2.24) is 9.78 Å². The molecule has 1 N–H and O–H groups in total. The molecule has 2 aromatic rings. The summed E-state index contributed by atoms with van der Waals surface area (Å²) in [5, 5.41) is 28.5. The second kappa shape index (κ2) is 7.59. The topological polar surface area (TPSA) is 142 Å². The van der Waals surface area contributed by atoms with Crippen molar-refractivity contribution in [3.05, 3.63) is 49.8 Å². The van der Waals surface area contributed by atoms with E-state index in [1.54, 1.807) is 6.92 Å². The van der Waals surface area contributed by atoms with E-state index >= 15 is 0 Å². The lowest BCUT2D eigenvalue weighted by Gasteiger charge is -2.08. The first-order chi connectivity index (χ1) is 12.2. The smallest absolute Gasteiger partial charge is 0.312 e. The van der Waals surface area contributed by atoms with Crippen LogP contribution in [-0.4, -0.2) is 32.6 Å². The summed E-state index contributed by atoms with van der Waals surface area (Å²) in [7, 11) is 1.36. The van der Waals surface area contributed by atoms with E-state index in [1.165, 1.54) is 36.9 Å². The predicted octanol–water partition coefficient (Wildman–Crippen LogP) is 2.35. The lowest BCUT2D eigenvalue weighted by atomic mass is 10.2. The SMILES string of the molecule is COc1cc(NC(=O)CCn2nc(C)c([N+](=O)[O-])c2C)cc([N+](=O)[O-])c1. The van der Waals surface area contributed by atoms with Crippen molar-refractivity contribution in [3.63, 3.8) is 0 Å². The second-order valence-corrected chi connectivity index (χ2v) is 5.47. The van der Waals surface area contributed by atoms with Crippen LogP contribution >= 0.6 is 0 Å². The molecule has 0 aliphatic carbocycles. The van der Waals surface area contributed by atoms with Gasteiger partial charge in [0.05, 0.1) is 35.3 Å². The van der Waals surface area contributed by atoms with Crippen LogP contribution in [0.5, 0.6) is 5.75 Å². The van der Waals surface area contributed by atoms with Crippen molar-refractivity contribution in [1.29, 1.82) is 0 Å². The van der Waals surface area contributed by atoms with Crippen LogP contribution < -0.4 is 10.1 Å². The average Bonchev–Trinajstić information content (AvgIpc) is 2.86. The van der Waals surface area contributed by atoms with Crippen LogP contribution in [0.2, 0.25) is 0 Å². The molecule has 0 aliphatic heterocycles. The summed E-state index contributed by atoms with van der Waals surface area (Å²) in [6.45, 7) is 3.22. The number of aromatic nitrogens is 2. The van der Waals surface area contributed by atoms with Gasteiger partial charge in [-0.3, -0.25) is 29.7 Å². The molecule has 1 amide bonds. The number of nitro benzene ring substituents is 1. The van der Waals surface area contributed by atoms with Crippen LogP contribution in [0, 0.1) is 34.1 Å². The fourth-order valence-electron chi connectivity index (χ4n) is 2.48. The van der Waals surface area contributed by atoms with Crippen molar-refractivity contribution in [2.24, 2.45) is 0 Å². The Bertz CT molecular complexity index is 876. The van der Waals surface area contributed by atoms with Crippen LogP contribution in [0.3, 0.4) is 0 Å². The van der Waals surface area contributed by atoms with Crippen LogP contribution in [-0.2, 0) is 11.3 Å². The minimum absolute atomic E-state index is 0.00980. The highest BCUT2D eigenvalue weighted by Gasteiger charge is 2.22. The number of non-ortho nitro benzene ring substituents is 1. The minimum Gasteiger partial charge on any atom is -0.496 e. The Kier molecular flexibility index (Phi) is 5.50. The third-order valence-corrected chi connectivity index (χ3v) is 3.70. The number of carbonyl (C=O) groups is 1. The number of nitrogens with one attached hydrogen (secondary N) is 1. The summed E-state index contributed by atoms with van der Waals surface area (Å²) in [5.41, 5.74) is 0.566. The quantitative estimate of drug-likeness (QED) is 0.587. The molecule has 0 aliphatic rings.